The van der Waals surface area contributed by atoms with E-state index in [2.05, 4.69) is 20.9 Å². The zero-order chi connectivity index (χ0) is 10.8. The SMILES string of the molecule is NCc1ncoc1-c1c(F)cccc1Br. The highest BCUT2D eigenvalue weighted by Crippen LogP contribution is 2.32. The molecular weight excluding hydrogens is 263 g/mol. The van der Waals surface area contributed by atoms with Gasteiger partial charge in [-0.15, -0.1) is 0 Å². The second kappa shape index (κ2) is 4.12. The Balaban J connectivity index is 2.63. The van der Waals surface area contributed by atoms with Crippen LogP contribution in [0.5, 0.6) is 0 Å². The van der Waals surface area contributed by atoms with Gasteiger partial charge in [0.15, 0.2) is 12.2 Å². The lowest BCUT2D eigenvalue weighted by Gasteiger charge is -2.03. The molecule has 0 unspecified atom stereocenters. The van der Waals surface area contributed by atoms with Crippen LogP contribution in [0.25, 0.3) is 11.3 Å². The van der Waals surface area contributed by atoms with E-state index in [4.69, 9.17) is 10.2 Å². The molecule has 0 fully saturated rings. The van der Waals surface area contributed by atoms with Gasteiger partial charge in [-0.3, -0.25) is 0 Å². The largest absolute Gasteiger partial charge is 0.443 e. The van der Waals surface area contributed by atoms with Crippen LogP contribution in [0.3, 0.4) is 0 Å². The van der Waals surface area contributed by atoms with Crippen LogP contribution in [0.4, 0.5) is 4.39 Å². The van der Waals surface area contributed by atoms with Gasteiger partial charge >= 0.3 is 0 Å². The minimum atomic E-state index is -0.365. The monoisotopic (exact) mass is 270 g/mol. The molecule has 1 aromatic heterocycles. The summed E-state index contributed by atoms with van der Waals surface area (Å²) in [4.78, 5) is 3.91. The summed E-state index contributed by atoms with van der Waals surface area (Å²) in [5, 5.41) is 0. The summed E-state index contributed by atoms with van der Waals surface area (Å²) in [6, 6.07) is 4.71. The Labute approximate surface area is 94.2 Å². The zero-order valence-corrected chi connectivity index (χ0v) is 9.29. The Kier molecular flexibility index (Phi) is 2.83. The lowest BCUT2D eigenvalue weighted by Crippen LogP contribution is -1.99. The van der Waals surface area contributed by atoms with E-state index in [-0.39, 0.29) is 12.4 Å². The molecule has 1 heterocycles. The van der Waals surface area contributed by atoms with Crippen molar-refractivity contribution in [3.05, 3.63) is 40.6 Å². The molecule has 0 radical (unpaired) electrons. The second-order valence-corrected chi connectivity index (χ2v) is 3.78. The van der Waals surface area contributed by atoms with E-state index in [0.717, 1.165) is 0 Å². The third-order valence-corrected chi connectivity index (χ3v) is 2.69. The number of nitrogens with zero attached hydrogens (tertiary/aromatic N) is 1. The molecule has 5 heteroatoms. The molecule has 0 spiro atoms. The summed E-state index contributed by atoms with van der Waals surface area (Å²) >= 11 is 3.26. The van der Waals surface area contributed by atoms with Crippen LogP contribution in [0.2, 0.25) is 0 Å². The average Bonchev–Trinajstić information content (AvgIpc) is 2.65. The molecule has 1 aromatic carbocycles. The number of halogens is 2. The molecule has 0 bridgehead atoms. The van der Waals surface area contributed by atoms with Crippen LogP contribution in [-0.4, -0.2) is 4.98 Å². The lowest BCUT2D eigenvalue weighted by atomic mass is 10.1. The van der Waals surface area contributed by atoms with E-state index < -0.39 is 0 Å². The summed E-state index contributed by atoms with van der Waals surface area (Å²) in [6.45, 7) is 0.215. The number of benzene rings is 1. The van der Waals surface area contributed by atoms with Crippen LogP contribution in [0, 0.1) is 5.82 Å². The third-order valence-electron chi connectivity index (χ3n) is 2.02. The predicted octanol–water partition coefficient (Wildman–Crippen LogP) is 2.70. The molecule has 0 atom stereocenters. The van der Waals surface area contributed by atoms with Crippen LogP contribution in [0.1, 0.15) is 5.69 Å². The normalized spacial score (nSPS) is 10.6. The second-order valence-electron chi connectivity index (χ2n) is 2.93. The summed E-state index contributed by atoms with van der Waals surface area (Å²) in [5.74, 6) is 0.0123. The van der Waals surface area contributed by atoms with Gasteiger partial charge in [-0.25, -0.2) is 9.37 Å². The molecule has 0 aliphatic heterocycles. The van der Waals surface area contributed by atoms with Crippen molar-refractivity contribution in [3.63, 3.8) is 0 Å². The third kappa shape index (κ3) is 1.80. The fourth-order valence-electron chi connectivity index (χ4n) is 1.33. The van der Waals surface area contributed by atoms with Crippen LogP contribution < -0.4 is 5.73 Å². The molecule has 0 aliphatic rings. The smallest absolute Gasteiger partial charge is 0.181 e. The number of hydrogen-bond donors (Lipinski definition) is 1. The molecule has 3 nitrogen and oxygen atoms in total. The Morgan fingerprint density at radius 1 is 1.47 bits per heavy atom. The van der Waals surface area contributed by atoms with Crippen molar-refractivity contribution in [2.24, 2.45) is 5.73 Å². The molecular formula is C10H8BrFN2O. The van der Waals surface area contributed by atoms with E-state index in [1.165, 1.54) is 12.5 Å². The lowest BCUT2D eigenvalue weighted by molar-refractivity contribution is 0.559. The van der Waals surface area contributed by atoms with Gasteiger partial charge in [0.1, 0.15) is 11.5 Å². The maximum atomic E-state index is 13.6. The number of hydrogen-bond acceptors (Lipinski definition) is 3. The first-order chi connectivity index (χ1) is 7.24. The van der Waals surface area contributed by atoms with Crippen LogP contribution in [-0.2, 0) is 6.54 Å². The first kappa shape index (κ1) is 10.3. The van der Waals surface area contributed by atoms with Gasteiger partial charge in [-0.05, 0) is 28.1 Å². The fraction of sp³-hybridized carbons (Fsp3) is 0.100. The minimum Gasteiger partial charge on any atom is -0.443 e. The first-order valence-electron chi connectivity index (χ1n) is 4.31. The number of oxazole rings is 1. The van der Waals surface area contributed by atoms with Crippen molar-refractivity contribution in [2.45, 2.75) is 6.54 Å². The van der Waals surface area contributed by atoms with E-state index in [1.54, 1.807) is 12.1 Å². The van der Waals surface area contributed by atoms with Crippen molar-refractivity contribution < 1.29 is 8.81 Å². The maximum Gasteiger partial charge on any atom is 0.181 e. The number of nitrogens with two attached hydrogens (primary N) is 1. The average molecular weight is 271 g/mol. The molecule has 0 saturated carbocycles. The van der Waals surface area contributed by atoms with Crippen LogP contribution in [0.15, 0.2) is 33.5 Å². The zero-order valence-electron chi connectivity index (χ0n) is 7.71. The van der Waals surface area contributed by atoms with Gasteiger partial charge in [0.25, 0.3) is 0 Å². The number of aromatic nitrogens is 1. The Morgan fingerprint density at radius 2 is 2.27 bits per heavy atom. The quantitative estimate of drug-likeness (QED) is 0.913. The van der Waals surface area contributed by atoms with E-state index in [1.807, 2.05) is 0 Å². The van der Waals surface area contributed by atoms with Gasteiger partial charge in [0.2, 0.25) is 0 Å². The van der Waals surface area contributed by atoms with Crippen molar-refractivity contribution in [2.75, 3.05) is 0 Å². The summed E-state index contributed by atoms with van der Waals surface area (Å²) < 4.78 is 19.3. The summed E-state index contributed by atoms with van der Waals surface area (Å²) in [5.41, 5.74) is 6.37. The molecule has 0 saturated heterocycles. The summed E-state index contributed by atoms with van der Waals surface area (Å²) in [7, 11) is 0. The van der Waals surface area contributed by atoms with Gasteiger partial charge in [0.05, 0.1) is 5.56 Å². The van der Waals surface area contributed by atoms with Crippen molar-refractivity contribution in [1.29, 1.82) is 0 Å². The van der Waals surface area contributed by atoms with E-state index in [9.17, 15) is 4.39 Å². The highest BCUT2D eigenvalue weighted by atomic mass is 79.9. The van der Waals surface area contributed by atoms with Crippen molar-refractivity contribution in [1.82, 2.24) is 4.98 Å². The molecule has 2 N–H and O–H groups in total. The molecule has 2 rings (SSSR count). The van der Waals surface area contributed by atoms with E-state index >= 15 is 0 Å². The van der Waals surface area contributed by atoms with E-state index in [0.29, 0.717) is 21.5 Å². The maximum absolute atomic E-state index is 13.6. The fourth-order valence-corrected chi connectivity index (χ4v) is 1.85. The highest BCUT2D eigenvalue weighted by Gasteiger charge is 2.16. The first-order valence-corrected chi connectivity index (χ1v) is 5.10. The predicted molar refractivity (Wildman–Crippen MR) is 57.5 cm³/mol. The van der Waals surface area contributed by atoms with Gasteiger partial charge in [0, 0.05) is 11.0 Å². The molecule has 15 heavy (non-hydrogen) atoms. The molecule has 0 aliphatic carbocycles. The highest BCUT2D eigenvalue weighted by molar-refractivity contribution is 9.10. The standard InChI is InChI=1S/C10H8BrFN2O/c11-6-2-1-3-7(12)9(6)10-8(4-13)14-5-15-10/h1-3,5H,4,13H2. The summed E-state index contributed by atoms with van der Waals surface area (Å²) in [6.07, 6.45) is 1.26. The van der Waals surface area contributed by atoms with Crippen LogP contribution >= 0.6 is 15.9 Å². The van der Waals surface area contributed by atoms with Crippen molar-refractivity contribution >= 4 is 15.9 Å². The van der Waals surface area contributed by atoms with Crippen molar-refractivity contribution in [3.8, 4) is 11.3 Å². The molecule has 2 aromatic rings. The molecule has 0 amide bonds. The number of rotatable bonds is 2. The molecule has 78 valence electrons. The Bertz CT molecular complexity index is 464. The Morgan fingerprint density at radius 3 is 2.93 bits per heavy atom. The minimum absolute atomic E-state index is 0.215. The van der Waals surface area contributed by atoms with Gasteiger partial charge in [-0.1, -0.05) is 6.07 Å². The topological polar surface area (TPSA) is 52.0 Å². The Hall–Kier alpha value is -1.20. The van der Waals surface area contributed by atoms with Gasteiger partial charge < -0.3 is 10.2 Å². The van der Waals surface area contributed by atoms with Gasteiger partial charge in [-0.2, -0.15) is 0 Å².